The standard InChI is InChI=1S/C14H24N4O/c1-6-7-18(10(4)5)14(19)12-11(15)8-16-13(17-12)9(2)3/h8-10H,6-7,15H2,1-5H3. The molecule has 0 bridgehead atoms. The van der Waals surface area contributed by atoms with Gasteiger partial charge in [-0.3, -0.25) is 4.79 Å². The molecule has 0 atom stereocenters. The predicted molar refractivity (Wildman–Crippen MR) is 77.0 cm³/mol. The van der Waals surface area contributed by atoms with E-state index in [1.54, 1.807) is 4.90 Å². The molecule has 1 amide bonds. The average Bonchev–Trinajstić information content (AvgIpc) is 2.35. The van der Waals surface area contributed by atoms with E-state index in [4.69, 9.17) is 5.73 Å². The minimum absolute atomic E-state index is 0.112. The number of amides is 1. The maximum absolute atomic E-state index is 12.5. The normalized spacial score (nSPS) is 11.1. The lowest BCUT2D eigenvalue weighted by atomic mass is 10.2. The van der Waals surface area contributed by atoms with Crippen molar-refractivity contribution in [1.82, 2.24) is 14.9 Å². The second-order valence-electron chi connectivity index (χ2n) is 5.28. The quantitative estimate of drug-likeness (QED) is 0.886. The molecule has 19 heavy (non-hydrogen) atoms. The average molecular weight is 264 g/mol. The lowest BCUT2D eigenvalue weighted by Crippen LogP contribution is -2.38. The van der Waals surface area contributed by atoms with Crippen molar-refractivity contribution in [2.45, 2.75) is 53.0 Å². The fourth-order valence-corrected chi connectivity index (χ4v) is 1.83. The van der Waals surface area contributed by atoms with Crippen molar-refractivity contribution in [2.75, 3.05) is 12.3 Å². The van der Waals surface area contributed by atoms with Crippen molar-refractivity contribution in [1.29, 1.82) is 0 Å². The summed E-state index contributed by atoms with van der Waals surface area (Å²) in [6.07, 6.45) is 2.44. The van der Waals surface area contributed by atoms with E-state index < -0.39 is 0 Å². The predicted octanol–water partition coefficient (Wildman–Crippen LogP) is 2.44. The number of nitrogen functional groups attached to an aromatic ring is 1. The molecule has 1 rings (SSSR count). The minimum Gasteiger partial charge on any atom is -0.396 e. The van der Waals surface area contributed by atoms with Crippen LogP contribution < -0.4 is 5.73 Å². The summed E-state index contributed by atoms with van der Waals surface area (Å²) in [5.74, 6) is 0.710. The number of carbonyl (C=O) groups is 1. The van der Waals surface area contributed by atoms with E-state index in [1.165, 1.54) is 6.20 Å². The number of nitrogens with two attached hydrogens (primary N) is 1. The molecule has 0 saturated carbocycles. The molecule has 0 radical (unpaired) electrons. The fraction of sp³-hybridized carbons (Fsp3) is 0.643. The van der Waals surface area contributed by atoms with Crippen LogP contribution in [-0.2, 0) is 0 Å². The van der Waals surface area contributed by atoms with E-state index in [-0.39, 0.29) is 17.9 Å². The van der Waals surface area contributed by atoms with Crippen LogP contribution in [0.2, 0.25) is 0 Å². The number of rotatable bonds is 5. The van der Waals surface area contributed by atoms with Gasteiger partial charge in [0.1, 0.15) is 5.82 Å². The molecule has 0 fully saturated rings. The van der Waals surface area contributed by atoms with Crippen molar-refractivity contribution in [2.24, 2.45) is 0 Å². The van der Waals surface area contributed by atoms with Gasteiger partial charge in [-0.2, -0.15) is 0 Å². The molecule has 2 N–H and O–H groups in total. The first-order valence-corrected chi connectivity index (χ1v) is 6.81. The van der Waals surface area contributed by atoms with Gasteiger partial charge in [0.15, 0.2) is 5.69 Å². The van der Waals surface area contributed by atoms with Crippen LogP contribution in [0.15, 0.2) is 6.20 Å². The summed E-state index contributed by atoms with van der Waals surface area (Å²) in [6, 6.07) is 0.129. The van der Waals surface area contributed by atoms with Crippen LogP contribution in [0.1, 0.15) is 63.3 Å². The van der Waals surface area contributed by atoms with Crippen LogP contribution in [-0.4, -0.2) is 33.4 Å². The summed E-state index contributed by atoms with van der Waals surface area (Å²) < 4.78 is 0. The monoisotopic (exact) mass is 264 g/mol. The van der Waals surface area contributed by atoms with Crippen LogP contribution in [0, 0.1) is 0 Å². The van der Waals surface area contributed by atoms with Crippen molar-refractivity contribution in [3.63, 3.8) is 0 Å². The van der Waals surface area contributed by atoms with Crippen LogP contribution in [0.4, 0.5) is 5.69 Å². The summed E-state index contributed by atoms with van der Waals surface area (Å²) in [6.45, 7) is 10.7. The second-order valence-corrected chi connectivity index (χ2v) is 5.28. The molecule has 0 aliphatic carbocycles. The maximum atomic E-state index is 12.5. The molecule has 0 aliphatic heterocycles. The zero-order valence-corrected chi connectivity index (χ0v) is 12.5. The Morgan fingerprint density at radius 1 is 1.37 bits per heavy atom. The van der Waals surface area contributed by atoms with Crippen LogP contribution >= 0.6 is 0 Å². The van der Waals surface area contributed by atoms with Gasteiger partial charge in [-0.25, -0.2) is 9.97 Å². The first kappa shape index (κ1) is 15.4. The van der Waals surface area contributed by atoms with E-state index in [0.29, 0.717) is 23.8 Å². The molecule has 1 heterocycles. The molecular weight excluding hydrogens is 240 g/mol. The van der Waals surface area contributed by atoms with Gasteiger partial charge in [-0.05, 0) is 20.3 Å². The largest absolute Gasteiger partial charge is 0.396 e. The van der Waals surface area contributed by atoms with Gasteiger partial charge in [0.25, 0.3) is 5.91 Å². The Balaban J connectivity index is 3.12. The Morgan fingerprint density at radius 2 is 2.00 bits per heavy atom. The number of anilines is 1. The van der Waals surface area contributed by atoms with Gasteiger partial charge >= 0.3 is 0 Å². The van der Waals surface area contributed by atoms with Crippen molar-refractivity contribution < 1.29 is 4.79 Å². The van der Waals surface area contributed by atoms with Gasteiger partial charge in [-0.15, -0.1) is 0 Å². The Labute approximate surface area is 115 Å². The third kappa shape index (κ3) is 3.66. The minimum atomic E-state index is -0.112. The molecule has 1 aromatic rings. The summed E-state index contributed by atoms with van der Waals surface area (Å²) in [4.78, 5) is 22.8. The lowest BCUT2D eigenvalue weighted by molar-refractivity contribution is 0.0700. The molecule has 0 aromatic carbocycles. The maximum Gasteiger partial charge on any atom is 0.274 e. The Kier molecular flexibility index (Phi) is 5.27. The van der Waals surface area contributed by atoms with Gasteiger partial charge in [-0.1, -0.05) is 20.8 Å². The zero-order valence-electron chi connectivity index (χ0n) is 12.5. The Hall–Kier alpha value is -1.65. The van der Waals surface area contributed by atoms with Crippen LogP contribution in [0.25, 0.3) is 0 Å². The zero-order chi connectivity index (χ0) is 14.6. The summed E-state index contributed by atoms with van der Waals surface area (Å²) in [5, 5.41) is 0. The van der Waals surface area contributed by atoms with Crippen molar-refractivity contribution in [3.8, 4) is 0 Å². The van der Waals surface area contributed by atoms with Gasteiger partial charge < -0.3 is 10.6 Å². The number of nitrogens with zero attached hydrogens (tertiary/aromatic N) is 3. The molecule has 106 valence electrons. The van der Waals surface area contributed by atoms with Crippen molar-refractivity contribution >= 4 is 11.6 Å². The van der Waals surface area contributed by atoms with Gasteiger partial charge in [0.2, 0.25) is 0 Å². The smallest absolute Gasteiger partial charge is 0.274 e. The molecule has 0 unspecified atom stereocenters. The van der Waals surface area contributed by atoms with E-state index in [0.717, 1.165) is 6.42 Å². The fourth-order valence-electron chi connectivity index (χ4n) is 1.83. The molecule has 0 aliphatic rings. The number of hydrogen-bond donors (Lipinski definition) is 1. The molecule has 1 aromatic heterocycles. The van der Waals surface area contributed by atoms with E-state index >= 15 is 0 Å². The van der Waals surface area contributed by atoms with Gasteiger partial charge in [0.05, 0.1) is 11.9 Å². The highest BCUT2D eigenvalue weighted by Crippen LogP contribution is 2.16. The molecule has 5 heteroatoms. The van der Waals surface area contributed by atoms with Crippen LogP contribution in [0.5, 0.6) is 0 Å². The highest BCUT2D eigenvalue weighted by Gasteiger charge is 2.22. The molecular formula is C14H24N4O. The molecule has 5 nitrogen and oxygen atoms in total. The number of hydrogen-bond acceptors (Lipinski definition) is 4. The summed E-state index contributed by atoms with van der Waals surface area (Å²) in [7, 11) is 0. The first-order chi connectivity index (χ1) is 8.88. The number of aromatic nitrogens is 2. The topological polar surface area (TPSA) is 72.1 Å². The Morgan fingerprint density at radius 3 is 2.47 bits per heavy atom. The highest BCUT2D eigenvalue weighted by atomic mass is 16.2. The van der Waals surface area contributed by atoms with E-state index in [9.17, 15) is 4.79 Å². The lowest BCUT2D eigenvalue weighted by Gasteiger charge is -2.26. The van der Waals surface area contributed by atoms with E-state index in [2.05, 4.69) is 9.97 Å². The second kappa shape index (κ2) is 6.50. The summed E-state index contributed by atoms with van der Waals surface area (Å²) in [5.41, 5.74) is 6.52. The SMILES string of the molecule is CCCN(C(=O)c1nc(C(C)C)ncc1N)C(C)C. The third-order valence-corrected chi connectivity index (χ3v) is 2.90. The third-order valence-electron chi connectivity index (χ3n) is 2.90. The van der Waals surface area contributed by atoms with Crippen LogP contribution in [0.3, 0.4) is 0 Å². The van der Waals surface area contributed by atoms with Crippen molar-refractivity contribution in [3.05, 3.63) is 17.7 Å². The van der Waals surface area contributed by atoms with Gasteiger partial charge in [0, 0.05) is 18.5 Å². The summed E-state index contributed by atoms with van der Waals surface area (Å²) >= 11 is 0. The highest BCUT2D eigenvalue weighted by molar-refractivity contribution is 5.97. The number of carbonyl (C=O) groups excluding carboxylic acids is 1. The molecule has 0 saturated heterocycles. The molecule has 0 spiro atoms. The first-order valence-electron chi connectivity index (χ1n) is 6.81. The van der Waals surface area contributed by atoms with E-state index in [1.807, 2.05) is 34.6 Å². The Bertz CT molecular complexity index is 443.